The lowest BCUT2D eigenvalue weighted by Crippen LogP contribution is -2.56. The van der Waals surface area contributed by atoms with Crippen molar-refractivity contribution in [2.75, 3.05) is 39.8 Å². The number of hydrogen-bond acceptors (Lipinski definition) is 3. The summed E-state index contributed by atoms with van der Waals surface area (Å²) in [5.74, 6) is 0.430. The van der Waals surface area contributed by atoms with Gasteiger partial charge in [0.25, 0.3) is 0 Å². The second kappa shape index (κ2) is 9.85. The fourth-order valence-corrected chi connectivity index (χ4v) is 3.82. The van der Waals surface area contributed by atoms with Crippen molar-refractivity contribution in [3.63, 3.8) is 0 Å². The molecular formula is C24H33N3O. The van der Waals surface area contributed by atoms with Gasteiger partial charge in [-0.2, -0.15) is 0 Å². The molecule has 28 heavy (non-hydrogen) atoms. The maximum Gasteiger partial charge on any atom is 0.230 e. The molecule has 0 bridgehead atoms. The fraction of sp³-hybridized carbons (Fsp3) is 0.458. The van der Waals surface area contributed by atoms with Crippen LogP contribution < -0.4 is 0 Å². The molecule has 1 saturated heterocycles. The van der Waals surface area contributed by atoms with E-state index >= 15 is 0 Å². The average molecular weight is 380 g/mol. The molecule has 1 aromatic rings. The lowest BCUT2D eigenvalue weighted by molar-refractivity contribution is -0.131. The lowest BCUT2D eigenvalue weighted by Gasteiger charge is -2.42. The Morgan fingerprint density at radius 1 is 1.21 bits per heavy atom. The molecule has 0 spiro atoms. The van der Waals surface area contributed by atoms with Gasteiger partial charge in [-0.15, -0.1) is 0 Å². The quantitative estimate of drug-likeness (QED) is 0.616. The topological polar surface area (TPSA) is 26.8 Å². The summed E-state index contributed by atoms with van der Waals surface area (Å²) in [6.07, 6.45) is 8.49. The minimum atomic E-state index is 0.191. The number of benzene rings is 1. The van der Waals surface area contributed by atoms with Crippen molar-refractivity contribution < 1.29 is 4.79 Å². The van der Waals surface area contributed by atoms with Gasteiger partial charge in [-0.05, 0) is 44.0 Å². The van der Waals surface area contributed by atoms with Crippen molar-refractivity contribution in [3.8, 4) is 0 Å². The maximum atomic E-state index is 12.9. The number of hydrogen-bond donors (Lipinski definition) is 0. The first kappa shape index (κ1) is 20.6. The fourth-order valence-electron chi connectivity index (χ4n) is 3.82. The highest BCUT2D eigenvalue weighted by atomic mass is 16.2. The molecule has 1 unspecified atom stereocenters. The summed E-state index contributed by atoms with van der Waals surface area (Å²) < 4.78 is 0. The molecule has 1 saturated carbocycles. The van der Waals surface area contributed by atoms with Gasteiger partial charge in [0, 0.05) is 50.4 Å². The third-order valence-electron chi connectivity index (χ3n) is 5.82. The molecule has 1 heterocycles. The third kappa shape index (κ3) is 5.43. The number of likely N-dealkylation sites (N-methyl/N-ethyl adjacent to an activating group) is 1. The van der Waals surface area contributed by atoms with Crippen LogP contribution in [0.25, 0.3) is 0 Å². The summed E-state index contributed by atoms with van der Waals surface area (Å²) in [6.45, 7) is 12.6. The van der Waals surface area contributed by atoms with Crippen molar-refractivity contribution in [1.82, 2.24) is 14.7 Å². The highest BCUT2D eigenvalue weighted by Gasteiger charge is 2.36. The Bertz CT molecular complexity index is 708. The smallest absolute Gasteiger partial charge is 0.230 e. The van der Waals surface area contributed by atoms with Crippen molar-refractivity contribution in [1.29, 1.82) is 0 Å². The molecule has 2 aliphatic rings. The van der Waals surface area contributed by atoms with Crippen LogP contribution >= 0.6 is 0 Å². The van der Waals surface area contributed by atoms with Crippen LogP contribution in [0.3, 0.4) is 0 Å². The summed E-state index contributed by atoms with van der Waals surface area (Å²) in [4.78, 5) is 19.8. The van der Waals surface area contributed by atoms with E-state index in [1.54, 1.807) is 12.2 Å². The van der Waals surface area contributed by atoms with Crippen molar-refractivity contribution in [2.45, 2.75) is 25.3 Å². The van der Waals surface area contributed by atoms with Gasteiger partial charge in [-0.1, -0.05) is 49.6 Å². The predicted molar refractivity (Wildman–Crippen MR) is 116 cm³/mol. The normalized spacial score (nSPS) is 21.3. The minimum absolute atomic E-state index is 0.191. The molecular weight excluding hydrogens is 346 g/mol. The summed E-state index contributed by atoms with van der Waals surface area (Å²) >= 11 is 0. The number of carbonyl (C=O) groups is 1. The molecule has 150 valence electrons. The summed E-state index contributed by atoms with van der Waals surface area (Å²) in [7, 11) is 2.17. The zero-order valence-corrected chi connectivity index (χ0v) is 17.1. The van der Waals surface area contributed by atoms with E-state index in [1.807, 2.05) is 11.0 Å². The Morgan fingerprint density at radius 3 is 2.61 bits per heavy atom. The zero-order valence-electron chi connectivity index (χ0n) is 17.1. The monoisotopic (exact) mass is 379 g/mol. The van der Waals surface area contributed by atoms with Crippen LogP contribution in [-0.4, -0.2) is 66.4 Å². The van der Waals surface area contributed by atoms with Crippen LogP contribution in [-0.2, 0) is 11.2 Å². The predicted octanol–water partition coefficient (Wildman–Crippen LogP) is 3.34. The second-order valence-electron chi connectivity index (χ2n) is 7.93. The number of rotatable bonds is 9. The Morgan fingerprint density at radius 2 is 1.96 bits per heavy atom. The van der Waals surface area contributed by atoms with E-state index in [2.05, 4.69) is 60.3 Å². The number of piperazine rings is 1. The molecule has 0 N–H and O–H groups in total. The van der Waals surface area contributed by atoms with Gasteiger partial charge in [-0.25, -0.2) is 0 Å². The lowest BCUT2D eigenvalue weighted by atomic mass is 10.1. The van der Waals surface area contributed by atoms with Gasteiger partial charge in [0.05, 0.1) is 0 Å². The summed E-state index contributed by atoms with van der Waals surface area (Å²) in [6, 6.07) is 11.0. The van der Waals surface area contributed by atoms with Crippen molar-refractivity contribution in [3.05, 3.63) is 73.0 Å². The Labute approximate surface area is 169 Å². The highest BCUT2D eigenvalue weighted by Crippen LogP contribution is 2.32. The second-order valence-corrected chi connectivity index (χ2v) is 7.93. The van der Waals surface area contributed by atoms with Crippen LogP contribution in [0.4, 0.5) is 0 Å². The Hall–Kier alpha value is -2.17. The molecule has 1 aliphatic heterocycles. The van der Waals surface area contributed by atoms with Crippen LogP contribution in [0.2, 0.25) is 0 Å². The molecule has 0 aromatic heterocycles. The first-order valence-electron chi connectivity index (χ1n) is 10.4. The standard InChI is InChI=1S/C24H33N3O/c1-4-9-22(5-2)27(24(28)21-12-13-21)19-23-18-26(17-16-25(23)3)15-14-20-10-7-6-8-11-20/h4-11,21,23H,1-2,12-19H2,3H3/b22-9+. The van der Waals surface area contributed by atoms with E-state index < -0.39 is 0 Å². The largest absolute Gasteiger partial charge is 0.311 e. The first-order chi connectivity index (χ1) is 13.6. The van der Waals surface area contributed by atoms with E-state index in [9.17, 15) is 4.79 Å². The van der Waals surface area contributed by atoms with Crippen molar-refractivity contribution >= 4 is 5.91 Å². The van der Waals surface area contributed by atoms with Crippen LogP contribution in [0, 0.1) is 5.92 Å². The van der Waals surface area contributed by atoms with Gasteiger partial charge < -0.3 is 9.80 Å². The Kier molecular flexibility index (Phi) is 7.24. The molecule has 1 atom stereocenters. The van der Waals surface area contributed by atoms with E-state index in [1.165, 1.54) is 5.56 Å². The van der Waals surface area contributed by atoms with Gasteiger partial charge in [0.15, 0.2) is 0 Å². The van der Waals surface area contributed by atoms with Crippen LogP contribution in [0.1, 0.15) is 18.4 Å². The molecule has 3 rings (SSSR count). The van der Waals surface area contributed by atoms with Gasteiger partial charge in [-0.3, -0.25) is 9.69 Å². The molecule has 1 aromatic carbocycles. The van der Waals surface area contributed by atoms with Crippen LogP contribution in [0.5, 0.6) is 0 Å². The SMILES string of the molecule is C=C/C=C(\C=C)N(CC1CN(CCc2ccccc2)CCN1C)C(=O)C1CC1. The molecule has 1 amide bonds. The van der Waals surface area contributed by atoms with E-state index in [4.69, 9.17) is 0 Å². The number of nitrogens with zero attached hydrogens (tertiary/aromatic N) is 3. The Balaban J connectivity index is 1.64. The number of carbonyl (C=O) groups excluding carboxylic acids is 1. The van der Waals surface area contributed by atoms with E-state index in [0.29, 0.717) is 12.6 Å². The van der Waals surface area contributed by atoms with Gasteiger partial charge >= 0.3 is 0 Å². The zero-order chi connectivity index (χ0) is 19.9. The van der Waals surface area contributed by atoms with E-state index in [-0.39, 0.29) is 11.8 Å². The first-order valence-corrected chi connectivity index (χ1v) is 10.4. The van der Waals surface area contributed by atoms with Gasteiger partial charge in [0.1, 0.15) is 0 Å². The van der Waals surface area contributed by atoms with Crippen LogP contribution in [0.15, 0.2) is 67.4 Å². The number of allylic oxidation sites excluding steroid dienone is 3. The highest BCUT2D eigenvalue weighted by molar-refractivity contribution is 5.83. The van der Waals surface area contributed by atoms with Crippen molar-refractivity contribution in [2.24, 2.45) is 5.92 Å². The molecule has 1 aliphatic carbocycles. The van der Waals surface area contributed by atoms with Gasteiger partial charge in [0.2, 0.25) is 5.91 Å². The molecule has 0 radical (unpaired) electrons. The number of amides is 1. The average Bonchev–Trinajstić information content (AvgIpc) is 3.56. The molecule has 4 heteroatoms. The summed E-state index contributed by atoms with van der Waals surface area (Å²) in [5, 5.41) is 0. The van der Waals surface area contributed by atoms with E-state index in [0.717, 1.165) is 51.1 Å². The minimum Gasteiger partial charge on any atom is -0.311 e. The third-order valence-corrected chi connectivity index (χ3v) is 5.82. The molecule has 2 fully saturated rings. The maximum absolute atomic E-state index is 12.9. The summed E-state index contributed by atoms with van der Waals surface area (Å²) in [5.41, 5.74) is 2.24. The molecule has 4 nitrogen and oxygen atoms in total.